The summed E-state index contributed by atoms with van der Waals surface area (Å²) in [5.74, 6) is -0.888. The molecule has 0 spiro atoms. The van der Waals surface area contributed by atoms with Gasteiger partial charge in [0.2, 0.25) is 0 Å². The first-order valence-electron chi connectivity index (χ1n) is 6.42. The number of urea groups is 1. The van der Waals surface area contributed by atoms with Gasteiger partial charge in [-0.15, -0.1) is 0 Å². The van der Waals surface area contributed by atoms with Crippen LogP contribution in [0.3, 0.4) is 0 Å². The maximum atomic E-state index is 11.9. The molecule has 2 rings (SSSR count). The lowest BCUT2D eigenvalue weighted by molar-refractivity contribution is -0.140. The van der Waals surface area contributed by atoms with Crippen molar-refractivity contribution in [1.29, 1.82) is 0 Å². The number of hydrogen-bond donors (Lipinski definition) is 3. The van der Waals surface area contributed by atoms with E-state index in [0.717, 1.165) is 12.8 Å². The summed E-state index contributed by atoms with van der Waals surface area (Å²) in [6, 6.07) is -0.218. The van der Waals surface area contributed by atoms with Crippen molar-refractivity contribution >= 4 is 12.0 Å². The zero-order chi connectivity index (χ0) is 13.3. The number of carbonyl (C=O) groups excluding carboxylic acids is 1. The number of hydrogen-bond acceptors (Lipinski definition) is 3. The molecule has 18 heavy (non-hydrogen) atoms. The van der Waals surface area contributed by atoms with E-state index in [-0.39, 0.29) is 24.6 Å². The van der Waals surface area contributed by atoms with E-state index in [9.17, 15) is 14.7 Å². The lowest BCUT2D eigenvalue weighted by Crippen LogP contribution is -2.42. The van der Waals surface area contributed by atoms with Crippen molar-refractivity contribution in [3.63, 3.8) is 0 Å². The maximum Gasteiger partial charge on any atom is 0.317 e. The van der Waals surface area contributed by atoms with Gasteiger partial charge in [-0.1, -0.05) is 6.92 Å². The molecule has 4 unspecified atom stereocenters. The summed E-state index contributed by atoms with van der Waals surface area (Å²) in [6.45, 7) is 2.96. The molecule has 0 bridgehead atoms. The van der Waals surface area contributed by atoms with Gasteiger partial charge in [0.25, 0.3) is 0 Å². The number of aliphatic hydroxyl groups excluding tert-OH is 1. The lowest BCUT2D eigenvalue weighted by atomic mass is 10.00. The van der Waals surface area contributed by atoms with Crippen LogP contribution in [0.5, 0.6) is 0 Å². The summed E-state index contributed by atoms with van der Waals surface area (Å²) >= 11 is 0. The van der Waals surface area contributed by atoms with Crippen LogP contribution >= 0.6 is 0 Å². The Balaban J connectivity index is 1.79. The van der Waals surface area contributed by atoms with E-state index in [4.69, 9.17) is 5.11 Å². The van der Waals surface area contributed by atoms with Gasteiger partial charge in [0, 0.05) is 25.6 Å². The van der Waals surface area contributed by atoms with E-state index in [1.54, 1.807) is 11.8 Å². The first-order valence-corrected chi connectivity index (χ1v) is 6.42. The Hall–Kier alpha value is -1.30. The second-order valence-corrected chi connectivity index (χ2v) is 5.40. The number of nitrogens with one attached hydrogen (secondary N) is 1. The summed E-state index contributed by atoms with van der Waals surface area (Å²) in [4.78, 5) is 24.2. The summed E-state index contributed by atoms with van der Waals surface area (Å²) in [5.41, 5.74) is 0. The quantitative estimate of drug-likeness (QED) is 0.669. The van der Waals surface area contributed by atoms with Crippen LogP contribution < -0.4 is 5.32 Å². The molecular weight excluding hydrogens is 236 g/mol. The standard InChI is InChI=1S/C12H20N2O4/c1-7(11(16)17)4-13-12(18)14-5-8-2-3-10(15)9(8)6-14/h7-10,15H,2-6H2,1H3,(H,13,18)(H,16,17). The largest absolute Gasteiger partial charge is 0.481 e. The molecule has 2 amide bonds. The van der Waals surface area contributed by atoms with Gasteiger partial charge in [-0.2, -0.15) is 0 Å². The molecule has 0 aromatic rings. The van der Waals surface area contributed by atoms with Crippen LogP contribution in [0.25, 0.3) is 0 Å². The molecule has 6 heteroatoms. The third kappa shape index (κ3) is 2.58. The number of aliphatic hydroxyl groups is 1. The predicted octanol–water partition coefficient (Wildman–Crippen LogP) is 0.119. The van der Waals surface area contributed by atoms with Crippen LogP contribution in [0.4, 0.5) is 4.79 Å². The molecule has 102 valence electrons. The number of amides is 2. The third-order valence-electron chi connectivity index (χ3n) is 4.09. The minimum Gasteiger partial charge on any atom is -0.481 e. The summed E-state index contributed by atoms with van der Waals surface area (Å²) in [7, 11) is 0. The highest BCUT2D eigenvalue weighted by Gasteiger charge is 2.43. The van der Waals surface area contributed by atoms with Crippen LogP contribution in [0.15, 0.2) is 0 Å². The molecule has 4 atom stereocenters. The number of carbonyl (C=O) groups is 2. The normalized spacial score (nSPS) is 32.1. The van der Waals surface area contributed by atoms with Crippen molar-refractivity contribution in [2.75, 3.05) is 19.6 Å². The van der Waals surface area contributed by atoms with Crippen LogP contribution in [-0.4, -0.2) is 52.9 Å². The fraction of sp³-hybridized carbons (Fsp3) is 0.833. The zero-order valence-corrected chi connectivity index (χ0v) is 10.5. The Bertz CT molecular complexity index is 347. The van der Waals surface area contributed by atoms with Gasteiger partial charge < -0.3 is 20.4 Å². The SMILES string of the molecule is CC(CNC(=O)N1CC2CCC(O)C2C1)C(=O)O. The van der Waals surface area contributed by atoms with Crippen molar-refractivity contribution in [3.8, 4) is 0 Å². The lowest BCUT2D eigenvalue weighted by Gasteiger charge is -2.19. The molecule has 6 nitrogen and oxygen atoms in total. The number of carboxylic acid groups (broad SMARTS) is 1. The monoisotopic (exact) mass is 256 g/mol. The Morgan fingerprint density at radius 1 is 1.39 bits per heavy atom. The second kappa shape index (κ2) is 5.14. The number of fused-ring (bicyclic) bond motifs is 1. The highest BCUT2D eigenvalue weighted by Crippen LogP contribution is 2.37. The molecule has 2 fully saturated rings. The topological polar surface area (TPSA) is 89.9 Å². The van der Waals surface area contributed by atoms with Gasteiger partial charge in [-0.3, -0.25) is 4.79 Å². The van der Waals surface area contributed by atoms with Gasteiger partial charge in [0.05, 0.1) is 12.0 Å². The molecule has 0 radical (unpaired) electrons. The number of aliphatic carboxylic acids is 1. The molecule has 2 aliphatic rings. The molecule has 1 aliphatic heterocycles. The average Bonchev–Trinajstić information content (AvgIpc) is 2.88. The predicted molar refractivity (Wildman–Crippen MR) is 64.0 cm³/mol. The van der Waals surface area contributed by atoms with Gasteiger partial charge in [0.1, 0.15) is 0 Å². The number of rotatable bonds is 3. The van der Waals surface area contributed by atoms with E-state index in [2.05, 4.69) is 5.32 Å². The molecule has 1 saturated heterocycles. The summed E-state index contributed by atoms with van der Waals surface area (Å²) < 4.78 is 0. The van der Waals surface area contributed by atoms with Crippen molar-refractivity contribution in [3.05, 3.63) is 0 Å². The molecule has 1 heterocycles. The summed E-state index contributed by atoms with van der Waals surface area (Å²) in [5, 5.41) is 21.1. The Kier molecular flexibility index (Phi) is 3.75. The van der Waals surface area contributed by atoms with Crippen LogP contribution in [0.1, 0.15) is 19.8 Å². The third-order valence-corrected chi connectivity index (χ3v) is 4.09. The van der Waals surface area contributed by atoms with Crippen LogP contribution in [0.2, 0.25) is 0 Å². The van der Waals surface area contributed by atoms with E-state index < -0.39 is 11.9 Å². The molecule has 1 saturated carbocycles. The minimum absolute atomic E-state index is 0.141. The average molecular weight is 256 g/mol. The fourth-order valence-corrected chi connectivity index (χ4v) is 2.84. The second-order valence-electron chi connectivity index (χ2n) is 5.40. The van der Waals surface area contributed by atoms with Gasteiger partial charge >= 0.3 is 12.0 Å². The highest BCUT2D eigenvalue weighted by molar-refractivity contribution is 5.76. The molecule has 1 aliphatic carbocycles. The number of carboxylic acids is 1. The molecule has 0 aromatic carbocycles. The van der Waals surface area contributed by atoms with Gasteiger partial charge in [0.15, 0.2) is 0 Å². The molecule has 3 N–H and O–H groups in total. The Morgan fingerprint density at radius 2 is 2.11 bits per heavy atom. The molecular formula is C12H20N2O4. The zero-order valence-electron chi connectivity index (χ0n) is 10.5. The van der Waals surface area contributed by atoms with E-state index in [1.165, 1.54) is 0 Å². The Labute approximate surface area is 106 Å². The number of nitrogens with zero attached hydrogens (tertiary/aromatic N) is 1. The van der Waals surface area contributed by atoms with E-state index in [0.29, 0.717) is 19.0 Å². The van der Waals surface area contributed by atoms with Crippen molar-refractivity contribution < 1.29 is 19.8 Å². The maximum absolute atomic E-state index is 11.9. The van der Waals surface area contributed by atoms with Crippen LogP contribution in [0, 0.1) is 17.8 Å². The molecule has 0 aromatic heterocycles. The highest BCUT2D eigenvalue weighted by atomic mass is 16.4. The fourth-order valence-electron chi connectivity index (χ4n) is 2.84. The van der Waals surface area contributed by atoms with E-state index >= 15 is 0 Å². The summed E-state index contributed by atoms with van der Waals surface area (Å²) in [6.07, 6.45) is 1.52. The van der Waals surface area contributed by atoms with Crippen molar-refractivity contribution in [1.82, 2.24) is 10.2 Å². The number of likely N-dealkylation sites (tertiary alicyclic amines) is 1. The van der Waals surface area contributed by atoms with Crippen LogP contribution in [-0.2, 0) is 4.79 Å². The Morgan fingerprint density at radius 3 is 2.72 bits per heavy atom. The van der Waals surface area contributed by atoms with Crippen molar-refractivity contribution in [2.45, 2.75) is 25.9 Å². The first-order chi connectivity index (χ1) is 8.49. The van der Waals surface area contributed by atoms with E-state index in [1.807, 2.05) is 0 Å². The smallest absolute Gasteiger partial charge is 0.317 e. The first kappa shape index (κ1) is 13.1. The van der Waals surface area contributed by atoms with Crippen molar-refractivity contribution in [2.24, 2.45) is 17.8 Å². The van der Waals surface area contributed by atoms with Gasteiger partial charge in [-0.05, 0) is 18.8 Å². The van der Waals surface area contributed by atoms with Gasteiger partial charge in [-0.25, -0.2) is 4.79 Å². The minimum atomic E-state index is -0.913.